The normalized spacial score (nSPS) is 11.1. The van der Waals surface area contributed by atoms with E-state index in [1.165, 1.54) is 25.1 Å². The van der Waals surface area contributed by atoms with Gasteiger partial charge in [-0.1, -0.05) is 42.5 Å². The monoisotopic (exact) mass is 414 g/mol. The van der Waals surface area contributed by atoms with Crippen LogP contribution in [0, 0.1) is 10.1 Å². The molecule has 1 unspecified atom stereocenters. The number of carbonyl (C=O) groups excluding carboxylic acids is 3. The minimum absolute atomic E-state index is 0.0790. The lowest BCUT2D eigenvalue weighted by Gasteiger charge is -2.14. The minimum atomic E-state index is -1.17. The highest BCUT2D eigenvalue weighted by molar-refractivity contribution is 5.97. The molecule has 0 aliphatic heterocycles. The highest BCUT2D eigenvalue weighted by Crippen LogP contribution is 2.22. The van der Waals surface area contributed by atoms with Gasteiger partial charge >= 0.3 is 12.0 Å². The number of nitrogens with zero attached hydrogens (tertiary/aromatic N) is 1. The Morgan fingerprint density at radius 3 is 2.43 bits per heavy atom. The average Bonchev–Trinajstić information content (AvgIpc) is 2.73. The number of benzene rings is 2. The Bertz CT molecular complexity index is 903. The third kappa shape index (κ3) is 7.23. The van der Waals surface area contributed by atoms with E-state index in [0.717, 1.165) is 5.56 Å². The standard InChI is InChI=1S/C20H22N4O6/c1-14(19(26)23-20(27)22-13-15-7-3-2-4-8-15)30-18(25)11-12-21-16-9-5-6-10-17(16)24(28)29/h2-10,14,21H,11-13H2,1H3,(H2,22,23,26,27). The summed E-state index contributed by atoms with van der Waals surface area (Å²) in [7, 11) is 0. The first-order valence-corrected chi connectivity index (χ1v) is 9.16. The van der Waals surface area contributed by atoms with Gasteiger partial charge in [-0.2, -0.15) is 0 Å². The molecular weight excluding hydrogens is 392 g/mol. The molecule has 0 radical (unpaired) electrons. The Hall–Kier alpha value is -3.95. The summed E-state index contributed by atoms with van der Waals surface area (Å²) < 4.78 is 4.99. The van der Waals surface area contributed by atoms with Gasteiger partial charge in [-0.15, -0.1) is 0 Å². The SMILES string of the molecule is CC(OC(=O)CCNc1ccccc1[N+](=O)[O-])C(=O)NC(=O)NCc1ccccc1. The van der Waals surface area contributed by atoms with Gasteiger partial charge in [-0.05, 0) is 18.6 Å². The van der Waals surface area contributed by atoms with E-state index >= 15 is 0 Å². The third-order valence-corrected chi connectivity index (χ3v) is 3.96. The molecule has 0 aliphatic carbocycles. The number of ether oxygens (including phenoxy) is 1. The number of hydrogen-bond donors (Lipinski definition) is 3. The van der Waals surface area contributed by atoms with Crippen molar-refractivity contribution in [1.29, 1.82) is 0 Å². The van der Waals surface area contributed by atoms with Crippen molar-refractivity contribution in [2.75, 3.05) is 11.9 Å². The topological polar surface area (TPSA) is 140 Å². The van der Waals surface area contributed by atoms with Crippen LogP contribution in [0.1, 0.15) is 18.9 Å². The minimum Gasteiger partial charge on any atom is -0.452 e. The summed E-state index contributed by atoms with van der Waals surface area (Å²) >= 11 is 0. The van der Waals surface area contributed by atoms with E-state index in [0.29, 0.717) is 0 Å². The molecule has 158 valence electrons. The fourth-order valence-electron chi connectivity index (χ4n) is 2.43. The molecule has 0 spiro atoms. The Balaban J connectivity index is 1.71. The van der Waals surface area contributed by atoms with Crippen molar-refractivity contribution in [3.05, 3.63) is 70.3 Å². The van der Waals surface area contributed by atoms with E-state index in [9.17, 15) is 24.5 Å². The van der Waals surface area contributed by atoms with Crippen LogP contribution in [0.4, 0.5) is 16.2 Å². The summed E-state index contributed by atoms with van der Waals surface area (Å²) in [6, 6.07) is 14.5. The number of para-hydroxylation sites is 2. The number of carbonyl (C=O) groups is 3. The zero-order valence-electron chi connectivity index (χ0n) is 16.3. The van der Waals surface area contributed by atoms with Crippen LogP contribution in [0.2, 0.25) is 0 Å². The number of nitro benzene ring substituents is 1. The fraction of sp³-hybridized carbons (Fsp3) is 0.250. The first kappa shape index (κ1) is 22.3. The Morgan fingerprint density at radius 2 is 1.73 bits per heavy atom. The van der Waals surface area contributed by atoms with Crippen molar-refractivity contribution >= 4 is 29.3 Å². The maximum Gasteiger partial charge on any atom is 0.321 e. The van der Waals surface area contributed by atoms with E-state index in [1.54, 1.807) is 6.07 Å². The van der Waals surface area contributed by atoms with Gasteiger partial charge in [0.2, 0.25) is 0 Å². The van der Waals surface area contributed by atoms with E-state index in [1.807, 2.05) is 30.3 Å². The van der Waals surface area contributed by atoms with E-state index < -0.39 is 28.9 Å². The lowest BCUT2D eigenvalue weighted by molar-refractivity contribution is -0.384. The van der Waals surface area contributed by atoms with Crippen molar-refractivity contribution in [3.8, 4) is 0 Å². The summed E-state index contributed by atoms with van der Waals surface area (Å²) in [6.07, 6.45) is -1.30. The second kappa shape index (κ2) is 11.1. The highest BCUT2D eigenvalue weighted by Gasteiger charge is 2.20. The molecule has 30 heavy (non-hydrogen) atoms. The van der Waals surface area contributed by atoms with Crippen LogP contribution in [0.3, 0.4) is 0 Å². The van der Waals surface area contributed by atoms with Gasteiger partial charge in [0.15, 0.2) is 6.10 Å². The zero-order chi connectivity index (χ0) is 21.9. The van der Waals surface area contributed by atoms with Crippen LogP contribution in [-0.4, -0.2) is 35.5 Å². The number of imide groups is 1. The summed E-state index contributed by atoms with van der Waals surface area (Å²) in [5.41, 5.74) is 1.03. The van der Waals surface area contributed by atoms with Crippen LogP contribution in [0.5, 0.6) is 0 Å². The van der Waals surface area contributed by atoms with E-state index in [4.69, 9.17) is 4.74 Å². The Kier molecular flexibility index (Phi) is 8.30. The van der Waals surface area contributed by atoms with Crippen LogP contribution < -0.4 is 16.0 Å². The number of rotatable bonds is 9. The molecule has 0 fully saturated rings. The van der Waals surface area contributed by atoms with Crippen LogP contribution in [0.15, 0.2) is 54.6 Å². The molecule has 3 N–H and O–H groups in total. The number of esters is 1. The molecule has 10 nitrogen and oxygen atoms in total. The van der Waals surface area contributed by atoms with Crippen molar-refractivity contribution in [3.63, 3.8) is 0 Å². The van der Waals surface area contributed by atoms with Crippen LogP contribution >= 0.6 is 0 Å². The van der Waals surface area contributed by atoms with Gasteiger partial charge < -0.3 is 15.4 Å². The molecular formula is C20H22N4O6. The van der Waals surface area contributed by atoms with Gasteiger partial charge in [0.05, 0.1) is 11.3 Å². The molecule has 0 aliphatic rings. The van der Waals surface area contributed by atoms with E-state index in [-0.39, 0.29) is 30.9 Å². The Morgan fingerprint density at radius 1 is 1.07 bits per heavy atom. The number of amides is 3. The largest absolute Gasteiger partial charge is 0.452 e. The van der Waals surface area contributed by atoms with E-state index in [2.05, 4.69) is 16.0 Å². The molecule has 0 bridgehead atoms. The van der Waals surface area contributed by atoms with Crippen molar-refractivity contribution in [2.45, 2.75) is 26.0 Å². The molecule has 0 heterocycles. The Labute approximate surface area is 172 Å². The van der Waals surface area contributed by atoms with Crippen molar-refractivity contribution in [1.82, 2.24) is 10.6 Å². The predicted octanol–water partition coefficient (Wildman–Crippen LogP) is 2.35. The van der Waals surface area contributed by atoms with Crippen LogP contribution in [-0.2, 0) is 20.9 Å². The maximum absolute atomic E-state index is 12.0. The second-order valence-corrected chi connectivity index (χ2v) is 6.24. The third-order valence-electron chi connectivity index (χ3n) is 3.96. The zero-order valence-corrected chi connectivity index (χ0v) is 16.3. The van der Waals surface area contributed by atoms with Gasteiger partial charge in [0.1, 0.15) is 5.69 Å². The summed E-state index contributed by atoms with van der Waals surface area (Å²) in [5.74, 6) is -1.45. The molecule has 3 amide bonds. The molecule has 1 atom stereocenters. The number of nitrogens with one attached hydrogen (secondary N) is 3. The molecule has 10 heteroatoms. The number of nitro groups is 1. The summed E-state index contributed by atoms with van der Waals surface area (Å²) in [4.78, 5) is 46.1. The number of anilines is 1. The highest BCUT2D eigenvalue weighted by atomic mass is 16.6. The molecule has 2 aromatic rings. The lowest BCUT2D eigenvalue weighted by Crippen LogP contribution is -2.44. The molecule has 0 saturated carbocycles. The quantitative estimate of drug-likeness (QED) is 0.325. The number of hydrogen-bond acceptors (Lipinski definition) is 7. The fourth-order valence-corrected chi connectivity index (χ4v) is 2.43. The average molecular weight is 414 g/mol. The molecule has 0 saturated heterocycles. The van der Waals surface area contributed by atoms with Crippen LogP contribution in [0.25, 0.3) is 0 Å². The van der Waals surface area contributed by atoms with Gasteiger partial charge in [-0.3, -0.25) is 25.0 Å². The van der Waals surface area contributed by atoms with Crippen molar-refractivity contribution in [2.24, 2.45) is 0 Å². The number of urea groups is 1. The predicted molar refractivity (Wildman–Crippen MR) is 109 cm³/mol. The molecule has 0 aromatic heterocycles. The molecule has 2 aromatic carbocycles. The lowest BCUT2D eigenvalue weighted by atomic mass is 10.2. The first-order valence-electron chi connectivity index (χ1n) is 9.16. The maximum atomic E-state index is 12.0. The van der Waals surface area contributed by atoms with Gasteiger partial charge in [-0.25, -0.2) is 4.79 Å². The first-order chi connectivity index (χ1) is 14.4. The smallest absolute Gasteiger partial charge is 0.321 e. The van der Waals surface area contributed by atoms with Gasteiger partial charge in [0, 0.05) is 19.2 Å². The second-order valence-electron chi connectivity index (χ2n) is 6.24. The molecule has 2 rings (SSSR count). The summed E-state index contributed by atoms with van der Waals surface area (Å²) in [5, 5.41) is 18.4. The van der Waals surface area contributed by atoms with Crippen molar-refractivity contribution < 1.29 is 24.0 Å². The van der Waals surface area contributed by atoms with Gasteiger partial charge in [0.25, 0.3) is 11.6 Å². The summed E-state index contributed by atoms with van der Waals surface area (Å²) in [6.45, 7) is 1.66.